The van der Waals surface area contributed by atoms with Crippen molar-refractivity contribution in [2.24, 2.45) is 5.16 Å². The van der Waals surface area contributed by atoms with Crippen LogP contribution in [-0.2, 0) is 9.84 Å². The number of benzene rings is 1. The van der Waals surface area contributed by atoms with E-state index in [-0.39, 0.29) is 17.0 Å². The van der Waals surface area contributed by atoms with Gasteiger partial charge in [0.2, 0.25) is 0 Å². The second-order valence-corrected chi connectivity index (χ2v) is 6.09. The van der Waals surface area contributed by atoms with Crippen LogP contribution in [-0.4, -0.2) is 42.1 Å². The number of halogens is 1. The Hall–Kier alpha value is -1.47. The highest BCUT2D eigenvalue weighted by Crippen LogP contribution is 2.13. The van der Waals surface area contributed by atoms with Gasteiger partial charge < -0.3 is 10.3 Å². The minimum Gasteiger partial charge on any atom is -0.411 e. The lowest BCUT2D eigenvalue weighted by molar-refractivity contribution is 0.296. The van der Waals surface area contributed by atoms with Gasteiger partial charge in [0.05, 0.1) is 6.61 Å². The van der Waals surface area contributed by atoms with Crippen LogP contribution in [0.1, 0.15) is 12.5 Å². The predicted molar refractivity (Wildman–Crippen MR) is 65.1 cm³/mol. The van der Waals surface area contributed by atoms with E-state index in [9.17, 15) is 12.8 Å². The first-order valence-electron chi connectivity index (χ1n) is 5.26. The molecule has 1 aromatic carbocycles. The van der Waals surface area contributed by atoms with Gasteiger partial charge >= 0.3 is 0 Å². The van der Waals surface area contributed by atoms with Gasteiger partial charge in [-0.25, -0.2) is 12.8 Å². The van der Waals surface area contributed by atoms with E-state index in [1.54, 1.807) is 0 Å². The fourth-order valence-electron chi connectivity index (χ4n) is 1.50. The van der Waals surface area contributed by atoms with Gasteiger partial charge in [-0.15, -0.1) is 0 Å². The second kappa shape index (κ2) is 5.92. The molecule has 5 nitrogen and oxygen atoms in total. The number of aliphatic hydroxyl groups excluding tert-OH is 1. The third-order valence-corrected chi connectivity index (χ3v) is 4.60. The van der Waals surface area contributed by atoms with Crippen LogP contribution in [0.2, 0.25) is 0 Å². The average molecular weight is 275 g/mol. The number of hydrogen-bond acceptors (Lipinski definition) is 5. The van der Waals surface area contributed by atoms with E-state index in [0.717, 1.165) is 12.1 Å². The van der Waals surface area contributed by atoms with Gasteiger partial charge in [-0.05, 0) is 12.1 Å². The van der Waals surface area contributed by atoms with E-state index >= 15 is 0 Å². The van der Waals surface area contributed by atoms with Gasteiger partial charge in [0.15, 0.2) is 9.84 Å². The Labute approximate surface area is 104 Å². The Kier molecular flexibility index (Phi) is 4.80. The van der Waals surface area contributed by atoms with Crippen LogP contribution in [0.5, 0.6) is 0 Å². The molecule has 0 aliphatic heterocycles. The highest BCUT2D eigenvalue weighted by Gasteiger charge is 2.30. The smallest absolute Gasteiger partial charge is 0.161 e. The summed E-state index contributed by atoms with van der Waals surface area (Å²) < 4.78 is 36.3. The highest BCUT2D eigenvalue weighted by molar-refractivity contribution is 7.92. The number of aliphatic hydroxyl groups is 1. The molecule has 0 saturated carbocycles. The van der Waals surface area contributed by atoms with Crippen molar-refractivity contribution < 1.29 is 23.1 Å². The molecule has 0 amide bonds. The molecule has 100 valence electrons. The summed E-state index contributed by atoms with van der Waals surface area (Å²) in [6, 6.07) is 4.82. The minimum absolute atomic E-state index is 0.195. The SMILES string of the molecule is CCS(=O)(=O)[C@@H](CO)/C(=N\O)c1ccc(F)cc1. The molecule has 1 atom stereocenters. The Morgan fingerprint density at radius 2 is 1.94 bits per heavy atom. The van der Waals surface area contributed by atoms with E-state index in [2.05, 4.69) is 5.16 Å². The Bertz CT molecular complexity index is 524. The second-order valence-electron chi connectivity index (χ2n) is 3.61. The molecule has 0 aliphatic carbocycles. The molecule has 7 heteroatoms. The number of hydrogen-bond donors (Lipinski definition) is 2. The average Bonchev–Trinajstić information content (AvgIpc) is 2.36. The van der Waals surface area contributed by atoms with E-state index in [0.29, 0.717) is 0 Å². The van der Waals surface area contributed by atoms with Crippen molar-refractivity contribution in [3.8, 4) is 0 Å². The van der Waals surface area contributed by atoms with Gasteiger partial charge in [0.25, 0.3) is 0 Å². The third kappa shape index (κ3) is 3.05. The zero-order chi connectivity index (χ0) is 13.8. The maximum Gasteiger partial charge on any atom is 0.161 e. The van der Waals surface area contributed by atoms with Crippen LogP contribution in [0.25, 0.3) is 0 Å². The van der Waals surface area contributed by atoms with Crippen molar-refractivity contribution in [3.05, 3.63) is 35.6 Å². The van der Waals surface area contributed by atoms with E-state index in [1.807, 2.05) is 0 Å². The third-order valence-electron chi connectivity index (χ3n) is 2.55. The molecule has 0 unspecified atom stereocenters. The molecule has 1 rings (SSSR count). The molecular formula is C11H14FNO4S. The lowest BCUT2D eigenvalue weighted by Gasteiger charge is -2.15. The first kappa shape index (κ1) is 14.6. The van der Waals surface area contributed by atoms with Crippen LogP contribution < -0.4 is 0 Å². The number of nitrogens with zero attached hydrogens (tertiary/aromatic N) is 1. The van der Waals surface area contributed by atoms with Gasteiger partial charge in [-0.1, -0.05) is 24.2 Å². The fraction of sp³-hybridized carbons (Fsp3) is 0.364. The zero-order valence-electron chi connectivity index (χ0n) is 9.75. The van der Waals surface area contributed by atoms with Crippen molar-refractivity contribution in [1.82, 2.24) is 0 Å². The molecule has 0 bridgehead atoms. The van der Waals surface area contributed by atoms with Gasteiger partial charge in [0.1, 0.15) is 16.8 Å². The molecule has 0 heterocycles. The quantitative estimate of drug-likeness (QED) is 0.473. The Balaban J connectivity index is 3.21. The number of rotatable bonds is 5. The van der Waals surface area contributed by atoms with Crippen LogP contribution in [0, 0.1) is 5.82 Å². The molecule has 0 aliphatic rings. The maximum atomic E-state index is 12.8. The van der Waals surface area contributed by atoms with Crippen molar-refractivity contribution in [1.29, 1.82) is 0 Å². The van der Waals surface area contributed by atoms with Crippen molar-refractivity contribution in [2.45, 2.75) is 12.2 Å². The number of sulfone groups is 1. The molecular weight excluding hydrogens is 261 g/mol. The Morgan fingerprint density at radius 3 is 2.33 bits per heavy atom. The summed E-state index contributed by atoms with van der Waals surface area (Å²) in [5.74, 6) is -0.687. The lowest BCUT2D eigenvalue weighted by Crippen LogP contribution is -2.35. The minimum atomic E-state index is -3.61. The first-order chi connectivity index (χ1) is 8.46. The summed E-state index contributed by atoms with van der Waals surface area (Å²) in [4.78, 5) is 0. The van der Waals surface area contributed by atoms with Gasteiger partial charge in [-0.3, -0.25) is 0 Å². The van der Waals surface area contributed by atoms with Gasteiger partial charge in [0, 0.05) is 11.3 Å². The zero-order valence-corrected chi connectivity index (χ0v) is 10.6. The monoisotopic (exact) mass is 275 g/mol. The summed E-state index contributed by atoms with van der Waals surface area (Å²) in [6.07, 6.45) is 0. The molecule has 0 fully saturated rings. The van der Waals surface area contributed by atoms with Crippen LogP contribution >= 0.6 is 0 Å². The standard InChI is InChI=1S/C11H14FNO4S/c1-2-18(16,17)10(7-14)11(13-15)8-3-5-9(12)6-4-8/h3-6,10,14-15H,2,7H2,1H3/b13-11-/t10-/m0/s1. The molecule has 0 saturated heterocycles. The molecule has 1 aromatic rings. The molecule has 0 radical (unpaired) electrons. The van der Waals surface area contributed by atoms with Crippen LogP contribution in [0.3, 0.4) is 0 Å². The van der Waals surface area contributed by atoms with Crippen molar-refractivity contribution in [3.63, 3.8) is 0 Å². The first-order valence-corrected chi connectivity index (χ1v) is 6.98. The predicted octanol–water partition coefficient (Wildman–Crippen LogP) is 0.800. The molecule has 18 heavy (non-hydrogen) atoms. The summed E-state index contributed by atoms with van der Waals surface area (Å²) >= 11 is 0. The lowest BCUT2D eigenvalue weighted by atomic mass is 10.1. The summed E-state index contributed by atoms with van der Waals surface area (Å²) in [5.41, 5.74) is 0.0503. The van der Waals surface area contributed by atoms with Crippen LogP contribution in [0.15, 0.2) is 29.4 Å². The Morgan fingerprint density at radius 1 is 1.39 bits per heavy atom. The number of oxime groups is 1. The molecule has 2 N–H and O–H groups in total. The summed E-state index contributed by atoms with van der Waals surface area (Å²) in [7, 11) is -3.61. The van der Waals surface area contributed by atoms with Gasteiger partial charge in [-0.2, -0.15) is 0 Å². The molecule has 0 spiro atoms. The van der Waals surface area contributed by atoms with E-state index in [1.165, 1.54) is 19.1 Å². The molecule has 0 aromatic heterocycles. The maximum absolute atomic E-state index is 12.8. The van der Waals surface area contributed by atoms with Crippen molar-refractivity contribution >= 4 is 15.5 Å². The topological polar surface area (TPSA) is 87.0 Å². The summed E-state index contributed by atoms with van der Waals surface area (Å²) in [5, 5.41) is 19.7. The normalized spacial score (nSPS) is 14.5. The van der Waals surface area contributed by atoms with E-state index in [4.69, 9.17) is 10.3 Å². The fourth-order valence-corrected chi connectivity index (χ4v) is 2.65. The summed E-state index contributed by atoms with van der Waals surface area (Å²) in [6.45, 7) is 0.727. The van der Waals surface area contributed by atoms with Crippen molar-refractivity contribution in [2.75, 3.05) is 12.4 Å². The van der Waals surface area contributed by atoms with Crippen LogP contribution in [0.4, 0.5) is 4.39 Å². The van der Waals surface area contributed by atoms with E-state index < -0.39 is 27.5 Å². The largest absolute Gasteiger partial charge is 0.411 e. The highest BCUT2D eigenvalue weighted by atomic mass is 32.2.